The van der Waals surface area contributed by atoms with Gasteiger partial charge in [-0.05, 0) is 35.0 Å². The molecule has 0 radical (unpaired) electrons. The molecule has 0 aliphatic heterocycles. The van der Waals surface area contributed by atoms with Crippen LogP contribution in [0.3, 0.4) is 0 Å². The van der Waals surface area contributed by atoms with Gasteiger partial charge in [-0.15, -0.1) is 0 Å². The van der Waals surface area contributed by atoms with Gasteiger partial charge in [0.15, 0.2) is 0 Å². The SMILES string of the molecule is Oc1ccc(CN=Nc2ccc3ccccc3c2)c(O)c1. The molecule has 0 saturated carbocycles. The fourth-order valence-corrected chi connectivity index (χ4v) is 2.12. The normalized spacial score (nSPS) is 11.2. The highest BCUT2D eigenvalue weighted by Crippen LogP contribution is 2.25. The summed E-state index contributed by atoms with van der Waals surface area (Å²) in [5.41, 5.74) is 1.39. The Hall–Kier alpha value is -2.88. The smallest absolute Gasteiger partial charge is 0.124 e. The summed E-state index contributed by atoms with van der Waals surface area (Å²) >= 11 is 0. The maximum atomic E-state index is 9.67. The molecular weight excluding hydrogens is 264 g/mol. The predicted molar refractivity (Wildman–Crippen MR) is 81.9 cm³/mol. The van der Waals surface area contributed by atoms with Crippen LogP contribution in [-0.4, -0.2) is 10.2 Å². The van der Waals surface area contributed by atoms with Crippen molar-refractivity contribution < 1.29 is 10.2 Å². The largest absolute Gasteiger partial charge is 0.508 e. The van der Waals surface area contributed by atoms with Gasteiger partial charge in [-0.2, -0.15) is 10.2 Å². The third-order valence-electron chi connectivity index (χ3n) is 3.23. The van der Waals surface area contributed by atoms with Crippen LogP contribution in [0.1, 0.15) is 5.56 Å². The molecule has 4 heteroatoms. The van der Waals surface area contributed by atoms with E-state index in [1.165, 1.54) is 12.1 Å². The molecule has 0 atom stereocenters. The zero-order valence-electron chi connectivity index (χ0n) is 11.3. The number of hydrogen-bond donors (Lipinski definition) is 2. The van der Waals surface area contributed by atoms with Gasteiger partial charge in [0.25, 0.3) is 0 Å². The molecule has 0 spiro atoms. The van der Waals surface area contributed by atoms with Crippen LogP contribution in [0.15, 0.2) is 70.9 Å². The number of hydrogen-bond acceptors (Lipinski definition) is 4. The molecule has 0 fully saturated rings. The number of aromatic hydroxyl groups is 2. The lowest BCUT2D eigenvalue weighted by Gasteiger charge is -2.01. The summed E-state index contributed by atoms with van der Waals surface area (Å²) in [4.78, 5) is 0. The number of nitrogens with zero attached hydrogens (tertiary/aromatic N) is 2. The molecule has 3 aromatic rings. The first-order valence-electron chi connectivity index (χ1n) is 6.59. The van der Waals surface area contributed by atoms with Crippen LogP contribution in [0.5, 0.6) is 11.5 Å². The van der Waals surface area contributed by atoms with Crippen LogP contribution in [0.25, 0.3) is 10.8 Å². The van der Waals surface area contributed by atoms with Gasteiger partial charge in [0.1, 0.15) is 11.5 Å². The fraction of sp³-hybridized carbons (Fsp3) is 0.0588. The number of phenols is 2. The van der Waals surface area contributed by atoms with Gasteiger partial charge < -0.3 is 10.2 Å². The second kappa shape index (κ2) is 5.63. The molecule has 3 rings (SSSR count). The fourth-order valence-electron chi connectivity index (χ4n) is 2.12. The molecule has 4 nitrogen and oxygen atoms in total. The third kappa shape index (κ3) is 3.00. The highest BCUT2D eigenvalue weighted by Gasteiger charge is 2.01. The van der Waals surface area contributed by atoms with Crippen LogP contribution >= 0.6 is 0 Å². The van der Waals surface area contributed by atoms with E-state index in [9.17, 15) is 10.2 Å². The molecule has 0 saturated heterocycles. The molecule has 21 heavy (non-hydrogen) atoms. The average molecular weight is 278 g/mol. The molecular formula is C17H14N2O2. The first-order chi connectivity index (χ1) is 10.2. The lowest BCUT2D eigenvalue weighted by molar-refractivity contribution is 0.446. The molecule has 0 aliphatic carbocycles. The van der Waals surface area contributed by atoms with Gasteiger partial charge in [0, 0.05) is 11.6 Å². The maximum Gasteiger partial charge on any atom is 0.124 e. The zero-order valence-corrected chi connectivity index (χ0v) is 11.3. The third-order valence-corrected chi connectivity index (χ3v) is 3.23. The Balaban J connectivity index is 1.78. The van der Waals surface area contributed by atoms with Crippen LogP contribution in [0.4, 0.5) is 5.69 Å². The Morgan fingerprint density at radius 1 is 0.810 bits per heavy atom. The molecule has 0 heterocycles. The van der Waals surface area contributed by atoms with Gasteiger partial charge in [-0.1, -0.05) is 30.3 Å². The van der Waals surface area contributed by atoms with Crippen molar-refractivity contribution in [3.8, 4) is 11.5 Å². The van der Waals surface area contributed by atoms with Crippen molar-refractivity contribution in [3.63, 3.8) is 0 Å². The quantitative estimate of drug-likeness (QED) is 0.691. The molecule has 0 bridgehead atoms. The topological polar surface area (TPSA) is 65.2 Å². The van der Waals surface area contributed by atoms with Crippen molar-refractivity contribution in [3.05, 3.63) is 66.2 Å². The summed E-state index contributed by atoms with van der Waals surface area (Å²) in [5.74, 6) is 0.0511. The van der Waals surface area contributed by atoms with E-state index in [0.29, 0.717) is 5.56 Å². The molecule has 0 aliphatic rings. The van der Waals surface area contributed by atoms with E-state index < -0.39 is 0 Å². The Morgan fingerprint density at radius 2 is 1.62 bits per heavy atom. The summed E-state index contributed by atoms with van der Waals surface area (Å²) in [6.07, 6.45) is 0. The predicted octanol–water partition coefficient (Wildman–Crippen LogP) is 4.53. The summed E-state index contributed by atoms with van der Waals surface area (Å²) in [6, 6.07) is 18.4. The summed E-state index contributed by atoms with van der Waals surface area (Å²) < 4.78 is 0. The first kappa shape index (κ1) is 13.1. The van der Waals surface area contributed by atoms with E-state index in [0.717, 1.165) is 16.5 Å². The number of benzene rings is 3. The van der Waals surface area contributed by atoms with E-state index in [1.54, 1.807) is 6.07 Å². The van der Waals surface area contributed by atoms with E-state index in [1.807, 2.05) is 42.5 Å². The minimum atomic E-state index is 0.0208. The van der Waals surface area contributed by atoms with Crippen molar-refractivity contribution in [1.82, 2.24) is 0 Å². The van der Waals surface area contributed by atoms with E-state index in [4.69, 9.17) is 0 Å². The molecule has 3 aromatic carbocycles. The van der Waals surface area contributed by atoms with Crippen molar-refractivity contribution in [2.45, 2.75) is 6.54 Å². The lowest BCUT2D eigenvalue weighted by Crippen LogP contribution is -1.81. The van der Waals surface area contributed by atoms with Gasteiger partial charge >= 0.3 is 0 Å². The molecule has 0 amide bonds. The van der Waals surface area contributed by atoms with Crippen LogP contribution in [0, 0.1) is 0 Å². The molecule has 104 valence electrons. The highest BCUT2D eigenvalue weighted by molar-refractivity contribution is 5.84. The standard InChI is InChI=1S/C17H14N2O2/c20-16-8-6-14(17(21)10-16)11-18-19-15-7-5-12-3-1-2-4-13(12)9-15/h1-10,20-21H,11H2. The Labute approximate surface area is 122 Å². The van der Waals surface area contributed by atoms with Gasteiger partial charge in [0.05, 0.1) is 12.2 Å². The van der Waals surface area contributed by atoms with Gasteiger partial charge in [0.2, 0.25) is 0 Å². The van der Waals surface area contributed by atoms with E-state index >= 15 is 0 Å². The summed E-state index contributed by atoms with van der Waals surface area (Å²) in [6.45, 7) is 0.263. The Morgan fingerprint density at radius 3 is 2.43 bits per heavy atom. The highest BCUT2D eigenvalue weighted by atomic mass is 16.3. The second-order valence-electron chi connectivity index (χ2n) is 4.74. The van der Waals surface area contributed by atoms with Gasteiger partial charge in [-0.3, -0.25) is 0 Å². The van der Waals surface area contributed by atoms with Gasteiger partial charge in [-0.25, -0.2) is 0 Å². The van der Waals surface area contributed by atoms with Crippen LogP contribution in [0.2, 0.25) is 0 Å². The maximum absolute atomic E-state index is 9.67. The number of rotatable bonds is 3. The lowest BCUT2D eigenvalue weighted by atomic mass is 10.1. The van der Waals surface area contributed by atoms with Crippen molar-refractivity contribution in [1.29, 1.82) is 0 Å². The Kier molecular flexibility index (Phi) is 3.51. The van der Waals surface area contributed by atoms with E-state index in [-0.39, 0.29) is 18.0 Å². The van der Waals surface area contributed by atoms with Crippen molar-refractivity contribution in [2.24, 2.45) is 10.2 Å². The second-order valence-corrected chi connectivity index (χ2v) is 4.74. The van der Waals surface area contributed by atoms with Crippen molar-refractivity contribution >= 4 is 16.5 Å². The van der Waals surface area contributed by atoms with Crippen LogP contribution < -0.4 is 0 Å². The molecule has 2 N–H and O–H groups in total. The zero-order chi connectivity index (χ0) is 14.7. The first-order valence-corrected chi connectivity index (χ1v) is 6.59. The minimum absolute atomic E-state index is 0.0208. The minimum Gasteiger partial charge on any atom is -0.508 e. The summed E-state index contributed by atoms with van der Waals surface area (Å²) in [5, 5.41) is 29.4. The number of azo groups is 1. The molecule has 0 unspecified atom stereocenters. The monoisotopic (exact) mass is 278 g/mol. The average Bonchev–Trinajstić information content (AvgIpc) is 2.49. The number of fused-ring (bicyclic) bond motifs is 1. The summed E-state index contributed by atoms with van der Waals surface area (Å²) in [7, 11) is 0. The van der Waals surface area contributed by atoms with E-state index in [2.05, 4.69) is 10.2 Å². The van der Waals surface area contributed by atoms with Crippen molar-refractivity contribution in [2.75, 3.05) is 0 Å². The number of phenolic OH excluding ortho intramolecular Hbond substituents is 2. The molecule has 0 aromatic heterocycles. The Bertz CT molecular complexity index is 813. The van der Waals surface area contributed by atoms with Crippen LogP contribution in [-0.2, 0) is 6.54 Å².